The Kier molecular flexibility index (Phi) is 2.46. The summed E-state index contributed by atoms with van der Waals surface area (Å²) in [6.07, 6.45) is 0. The molecule has 84 valence electrons. The lowest BCUT2D eigenvalue weighted by molar-refractivity contribution is -0.261. The van der Waals surface area contributed by atoms with E-state index < -0.39 is 29.3 Å². The minimum atomic E-state index is -2.00. The Morgan fingerprint density at radius 2 is 1.53 bits per heavy atom. The fourth-order valence-corrected chi connectivity index (χ4v) is 1.12. The van der Waals surface area contributed by atoms with Gasteiger partial charge in [0, 0.05) is 20.8 Å². The van der Waals surface area contributed by atoms with E-state index in [2.05, 4.69) is 4.74 Å². The number of rotatable bonds is 1. The number of hydrogen-bond donors (Lipinski definition) is 0. The Balaban J connectivity index is 2.97. The van der Waals surface area contributed by atoms with E-state index in [0.29, 0.717) is 0 Å². The summed E-state index contributed by atoms with van der Waals surface area (Å²) >= 11 is 0. The first-order valence-corrected chi connectivity index (χ1v) is 4.34. The SMILES string of the molecule is CC(=O)OC1(C)C(=O)OC(C)(C)OC1=O. The van der Waals surface area contributed by atoms with Crippen LogP contribution in [0.1, 0.15) is 27.7 Å². The van der Waals surface area contributed by atoms with Crippen LogP contribution < -0.4 is 0 Å². The maximum atomic E-state index is 11.5. The number of carbonyl (C=O) groups is 3. The predicted octanol–water partition coefficient (Wildman–Crippen LogP) is 0.144. The first kappa shape index (κ1) is 11.5. The molecule has 0 N–H and O–H groups in total. The molecule has 1 heterocycles. The molecule has 0 bridgehead atoms. The van der Waals surface area contributed by atoms with Crippen molar-refractivity contribution >= 4 is 17.9 Å². The minimum Gasteiger partial charge on any atom is -0.435 e. The lowest BCUT2D eigenvalue weighted by Gasteiger charge is -2.37. The predicted molar refractivity (Wildman–Crippen MR) is 46.4 cm³/mol. The third kappa shape index (κ3) is 2.08. The molecule has 1 aliphatic rings. The van der Waals surface area contributed by atoms with Gasteiger partial charge in [0.1, 0.15) is 0 Å². The Labute approximate surface area is 86.5 Å². The molecule has 0 aromatic carbocycles. The van der Waals surface area contributed by atoms with Gasteiger partial charge in [0.05, 0.1) is 0 Å². The van der Waals surface area contributed by atoms with Crippen LogP contribution in [0.15, 0.2) is 0 Å². The Morgan fingerprint density at radius 1 is 1.13 bits per heavy atom. The van der Waals surface area contributed by atoms with Crippen LogP contribution in [0, 0.1) is 0 Å². The highest BCUT2D eigenvalue weighted by Gasteiger charge is 2.55. The zero-order valence-corrected chi connectivity index (χ0v) is 8.95. The number of esters is 3. The molecule has 15 heavy (non-hydrogen) atoms. The second-order valence-corrected chi connectivity index (χ2v) is 3.81. The molecule has 0 unspecified atom stereocenters. The summed E-state index contributed by atoms with van der Waals surface area (Å²) in [5.74, 6) is -3.95. The highest BCUT2D eigenvalue weighted by atomic mass is 16.8. The molecule has 0 atom stereocenters. The van der Waals surface area contributed by atoms with Crippen LogP contribution in [0.25, 0.3) is 0 Å². The fourth-order valence-electron chi connectivity index (χ4n) is 1.12. The van der Waals surface area contributed by atoms with Crippen molar-refractivity contribution in [3.63, 3.8) is 0 Å². The van der Waals surface area contributed by atoms with Crippen molar-refractivity contribution in [3.05, 3.63) is 0 Å². The standard InChI is InChI=1S/C9H12O6/c1-5(10)13-9(4)6(11)14-8(2,3)15-7(9)12/h1-4H3. The Bertz CT molecular complexity index is 309. The zero-order valence-electron chi connectivity index (χ0n) is 8.95. The van der Waals surface area contributed by atoms with Gasteiger partial charge in [0.2, 0.25) is 0 Å². The summed E-state index contributed by atoms with van der Waals surface area (Å²) in [4.78, 5) is 33.7. The summed E-state index contributed by atoms with van der Waals surface area (Å²) < 4.78 is 14.2. The van der Waals surface area contributed by atoms with E-state index in [1.54, 1.807) is 0 Å². The van der Waals surface area contributed by atoms with Gasteiger partial charge in [0.15, 0.2) is 0 Å². The molecule has 0 aromatic rings. The van der Waals surface area contributed by atoms with Gasteiger partial charge in [-0.2, -0.15) is 0 Å². The largest absolute Gasteiger partial charge is 0.435 e. The highest BCUT2D eigenvalue weighted by molar-refractivity contribution is 6.06. The van der Waals surface area contributed by atoms with Crippen molar-refractivity contribution in [2.24, 2.45) is 0 Å². The van der Waals surface area contributed by atoms with Crippen molar-refractivity contribution in [2.75, 3.05) is 0 Å². The molecule has 0 saturated carbocycles. The molecule has 0 aromatic heterocycles. The Hall–Kier alpha value is -1.59. The molecule has 0 aliphatic carbocycles. The Morgan fingerprint density at radius 3 is 1.87 bits per heavy atom. The van der Waals surface area contributed by atoms with Crippen molar-refractivity contribution < 1.29 is 28.6 Å². The van der Waals surface area contributed by atoms with Crippen LogP contribution in [-0.2, 0) is 28.6 Å². The first-order valence-electron chi connectivity index (χ1n) is 4.34. The molecule has 6 nitrogen and oxygen atoms in total. The van der Waals surface area contributed by atoms with Crippen LogP contribution in [0.4, 0.5) is 0 Å². The molecule has 0 spiro atoms. The lowest BCUT2D eigenvalue weighted by atomic mass is 10.1. The van der Waals surface area contributed by atoms with Gasteiger partial charge < -0.3 is 14.2 Å². The van der Waals surface area contributed by atoms with Gasteiger partial charge in [-0.25, -0.2) is 9.59 Å². The van der Waals surface area contributed by atoms with Crippen LogP contribution in [-0.4, -0.2) is 29.3 Å². The zero-order chi connectivity index (χ0) is 11.9. The quantitative estimate of drug-likeness (QED) is 0.458. The maximum Gasteiger partial charge on any atom is 0.365 e. The van der Waals surface area contributed by atoms with E-state index >= 15 is 0 Å². The topological polar surface area (TPSA) is 78.9 Å². The van der Waals surface area contributed by atoms with Gasteiger partial charge in [-0.1, -0.05) is 0 Å². The smallest absolute Gasteiger partial charge is 0.365 e. The lowest BCUT2D eigenvalue weighted by Crippen LogP contribution is -2.58. The molecule has 1 rings (SSSR count). The minimum absolute atomic E-state index is 0.758. The molecule has 1 aliphatic heterocycles. The monoisotopic (exact) mass is 216 g/mol. The number of hydrogen-bond acceptors (Lipinski definition) is 6. The van der Waals surface area contributed by atoms with E-state index in [-0.39, 0.29) is 0 Å². The van der Waals surface area contributed by atoms with Crippen molar-refractivity contribution in [2.45, 2.75) is 39.1 Å². The second-order valence-electron chi connectivity index (χ2n) is 3.81. The normalized spacial score (nSPS) is 22.7. The van der Waals surface area contributed by atoms with Gasteiger partial charge in [-0.15, -0.1) is 0 Å². The summed E-state index contributed by atoms with van der Waals surface area (Å²) in [7, 11) is 0. The maximum absolute atomic E-state index is 11.5. The van der Waals surface area contributed by atoms with Gasteiger partial charge in [-0.05, 0) is 6.92 Å². The molecule has 0 radical (unpaired) electrons. The van der Waals surface area contributed by atoms with Crippen LogP contribution in [0.2, 0.25) is 0 Å². The summed E-state index contributed by atoms with van der Waals surface area (Å²) in [5.41, 5.74) is -2.00. The van der Waals surface area contributed by atoms with E-state index in [1.807, 2.05) is 0 Å². The number of cyclic esters (lactones) is 2. The number of carbonyl (C=O) groups excluding carboxylic acids is 3. The first-order chi connectivity index (χ1) is 6.67. The van der Waals surface area contributed by atoms with E-state index in [4.69, 9.17) is 9.47 Å². The summed E-state index contributed by atoms with van der Waals surface area (Å²) in [6, 6.07) is 0. The third-order valence-corrected chi connectivity index (χ3v) is 1.80. The molecule has 1 saturated heterocycles. The number of ether oxygens (including phenoxy) is 3. The van der Waals surface area contributed by atoms with Crippen molar-refractivity contribution in [3.8, 4) is 0 Å². The van der Waals surface area contributed by atoms with Crippen molar-refractivity contribution in [1.82, 2.24) is 0 Å². The highest BCUT2D eigenvalue weighted by Crippen LogP contribution is 2.28. The molecule has 6 heteroatoms. The molecule has 0 amide bonds. The van der Waals surface area contributed by atoms with E-state index in [1.165, 1.54) is 13.8 Å². The molecule has 1 fully saturated rings. The van der Waals surface area contributed by atoms with Gasteiger partial charge >= 0.3 is 23.5 Å². The third-order valence-electron chi connectivity index (χ3n) is 1.80. The van der Waals surface area contributed by atoms with Crippen molar-refractivity contribution in [1.29, 1.82) is 0 Å². The fraction of sp³-hybridized carbons (Fsp3) is 0.667. The van der Waals surface area contributed by atoms with Gasteiger partial charge in [0.25, 0.3) is 5.79 Å². The van der Waals surface area contributed by atoms with Gasteiger partial charge in [-0.3, -0.25) is 4.79 Å². The van der Waals surface area contributed by atoms with Crippen LogP contribution in [0.3, 0.4) is 0 Å². The van der Waals surface area contributed by atoms with E-state index in [0.717, 1.165) is 13.8 Å². The summed E-state index contributed by atoms with van der Waals surface area (Å²) in [5, 5.41) is 0. The second kappa shape index (κ2) is 3.22. The summed E-state index contributed by atoms with van der Waals surface area (Å²) in [6.45, 7) is 5.05. The average molecular weight is 216 g/mol. The molecular formula is C9H12O6. The average Bonchev–Trinajstić information content (AvgIpc) is 1.98. The van der Waals surface area contributed by atoms with E-state index in [9.17, 15) is 14.4 Å². The van der Waals surface area contributed by atoms with Crippen LogP contribution in [0.5, 0.6) is 0 Å². The van der Waals surface area contributed by atoms with Crippen LogP contribution >= 0.6 is 0 Å². The molecular weight excluding hydrogens is 204 g/mol.